The van der Waals surface area contributed by atoms with Crippen molar-refractivity contribution in [2.75, 3.05) is 4.90 Å². The van der Waals surface area contributed by atoms with Crippen molar-refractivity contribution in [2.45, 2.75) is 13.0 Å². The van der Waals surface area contributed by atoms with Crippen molar-refractivity contribution in [2.24, 2.45) is 0 Å². The van der Waals surface area contributed by atoms with Gasteiger partial charge < -0.3 is 0 Å². The molecule has 1 aromatic carbocycles. The molecule has 0 aromatic heterocycles. The summed E-state index contributed by atoms with van der Waals surface area (Å²) in [5.41, 5.74) is 0.739. The lowest BCUT2D eigenvalue weighted by Gasteiger charge is -2.17. The Hall–Kier alpha value is -1.84. The first-order chi connectivity index (χ1) is 6.70. The van der Waals surface area contributed by atoms with Crippen molar-refractivity contribution in [1.29, 1.82) is 0 Å². The largest absolute Gasteiger partial charge is 0.329 e. The summed E-state index contributed by atoms with van der Waals surface area (Å²) in [4.78, 5) is 24.0. The highest BCUT2D eigenvalue weighted by atomic mass is 16.2. The molecule has 1 atom stereocenters. The SMILES string of the molecule is C[C@H]1C(=O)NC(=O)N1c1ccccc1. The van der Waals surface area contributed by atoms with Crippen LogP contribution in [-0.2, 0) is 4.79 Å². The summed E-state index contributed by atoms with van der Waals surface area (Å²) in [5, 5.41) is 2.26. The molecule has 0 radical (unpaired) electrons. The molecule has 0 spiro atoms. The predicted molar refractivity (Wildman–Crippen MR) is 51.9 cm³/mol. The normalized spacial score (nSPS) is 21.2. The highest BCUT2D eigenvalue weighted by Gasteiger charge is 2.35. The van der Waals surface area contributed by atoms with Crippen LogP contribution in [0, 0.1) is 0 Å². The third kappa shape index (κ3) is 1.25. The zero-order valence-electron chi connectivity index (χ0n) is 7.73. The Morgan fingerprint density at radius 2 is 1.86 bits per heavy atom. The van der Waals surface area contributed by atoms with E-state index in [9.17, 15) is 9.59 Å². The fourth-order valence-electron chi connectivity index (χ4n) is 1.49. The fourth-order valence-corrected chi connectivity index (χ4v) is 1.49. The second-order valence-electron chi connectivity index (χ2n) is 3.18. The van der Waals surface area contributed by atoms with Gasteiger partial charge in [-0.15, -0.1) is 0 Å². The second-order valence-corrected chi connectivity index (χ2v) is 3.18. The highest BCUT2D eigenvalue weighted by Crippen LogP contribution is 2.19. The van der Waals surface area contributed by atoms with E-state index in [0.717, 1.165) is 5.69 Å². The van der Waals surface area contributed by atoms with Crippen molar-refractivity contribution in [1.82, 2.24) is 5.32 Å². The Morgan fingerprint density at radius 3 is 2.36 bits per heavy atom. The lowest BCUT2D eigenvalue weighted by Crippen LogP contribution is -2.32. The zero-order chi connectivity index (χ0) is 10.1. The van der Waals surface area contributed by atoms with Crippen LogP contribution in [0.5, 0.6) is 0 Å². The van der Waals surface area contributed by atoms with E-state index in [0.29, 0.717) is 0 Å². The Kier molecular flexibility index (Phi) is 1.96. The number of anilines is 1. The van der Waals surface area contributed by atoms with Gasteiger partial charge in [0.25, 0.3) is 5.91 Å². The van der Waals surface area contributed by atoms with Crippen molar-refractivity contribution in [3.8, 4) is 0 Å². The van der Waals surface area contributed by atoms with E-state index < -0.39 is 6.04 Å². The van der Waals surface area contributed by atoms with Crippen LogP contribution in [0.1, 0.15) is 6.92 Å². The number of amides is 3. The van der Waals surface area contributed by atoms with Crippen LogP contribution < -0.4 is 10.2 Å². The lowest BCUT2D eigenvalue weighted by molar-refractivity contribution is -0.119. The Bertz CT molecular complexity index is 375. The summed E-state index contributed by atoms with van der Waals surface area (Å²) in [6.45, 7) is 1.70. The van der Waals surface area contributed by atoms with Crippen LogP contribution >= 0.6 is 0 Å². The van der Waals surface area contributed by atoms with Crippen LogP contribution in [-0.4, -0.2) is 18.0 Å². The van der Waals surface area contributed by atoms with Gasteiger partial charge in [-0.25, -0.2) is 4.79 Å². The van der Waals surface area contributed by atoms with Gasteiger partial charge in [0.1, 0.15) is 6.04 Å². The molecule has 4 nitrogen and oxygen atoms in total. The molecule has 1 aromatic rings. The number of hydrogen-bond acceptors (Lipinski definition) is 2. The monoisotopic (exact) mass is 190 g/mol. The number of imide groups is 1. The van der Waals surface area contributed by atoms with Crippen LogP contribution in [0.15, 0.2) is 30.3 Å². The van der Waals surface area contributed by atoms with E-state index in [1.807, 2.05) is 18.2 Å². The van der Waals surface area contributed by atoms with Crippen molar-refractivity contribution in [3.63, 3.8) is 0 Å². The van der Waals surface area contributed by atoms with E-state index in [4.69, 9.17) is 0 Å². The highest BCUT2D eigenvalue weighted by molar-refractivity contribution is 6.14. The number of hydrogen-bond donors (Lipinski definition) is 1. The molecule has 3 amide bonds. The number of nitrogens with one attached hydrogen (secondary N) is 1. The average molecular weight is 190 g/mol. The maximum atomic E-state index is 11.4. The molecule has 1 heterocycles. The summed E-state index contributed by atoms with van der Waals surface area (Å²) in [6, 6.07) is 8.35. The van der Waals surface area contributed by atoms with E-state index in [2.05, 4.69) is 5.32 Å². The molecule has 1 N–H and O–H groups in total. The number of para-hydroxylation sites is 1. The lowest BCUT2D eigenvalue weighted by atomic mass is 10.2. The average Bonchev–Trinajstić information content (AvgIpc) is 2.43. The van der Waals surface area contributed by atoms with Gasteiger partial charge in [0.15, 0.2) is 0 Å². The quantitative estimate of drug-likeness (QED) is 0.675. The summed E-state index contributed by atoms with van der Waals surface area (Å²) in [6.07, 6.45) is 0. The van der Waals surface area contributed by atoms with Crippen molar-refractivity contribution in [3.05, 3.63) is 30.3 Å². The molecule has 14 heavy (non-hydrogen) atoms. The minimum Gasteiger partial charge on any atom is -0.282 e. The first-order valence-corrected chi connectivity index (χ1v) is 4.39. The van der Waals surface area contributed by atoms with Crippen LogP contribution in [0.3, 0.4) is 0 Å². The minimum absolute atomic E-state index is 0.251. The summed E-state index contributed by atoms with van der Waals surface area (Å²) >= 11 is 0. The molecule has 2 rings (SSSR count). The number of benzene rings is 1. The van der Waals surface area contributed by atoms with Gasteiger partial charge in [-0.2, -0.15) is 0 Å². The molecule has 4 heteroatoms. The van der Waals surface area contributed by atoms with Gasteiger partial charge in [0.2, 0.25) is 0 Å². The molecule has 1 aliphatic rings. The maximum absolute atomic E-state index is 11.4. The summed E-state index contributed by atoms with van der Waals surface area (Å²) in [7, 11) is 0. The minimum atomic E-state index is -0.426. The molecule has 0 unspecified atom stereocenters. The van der Waals surface area contributed by atoms with Gasteiger partial charge in [-0.3, -0.25) is 15.0 Å². The van der Waals surface area contributed by atoms with Gasteiger partial charge in [0.05, 0.1) is 0 Å². The van der Waals surface area contributed by atoms with E-state index >= 15 is 0 Å². The molecule has 72 valence electrons. The molecular weight excluding hydrogens is 180 g/mol. The first kappa shape index (κ1) is 8.74. The van der Waals surface area contributed by atoms with Gasteiger partial charge >= 0.3 is 6.03 Å². The van der Waals surface area contributed by atoms with Crippen molar-refractivity contribution < 1.29 is 9.59 Å². The number of urea groups is 1. The number of nitrogens with zero attached hydrogens (tertiary/aromatic N) is 1. The zero-order valence-corrected chi connectivity index (χ0v) is 7.73. The molecular formula is C10H10N2O2. The fraction of sp³-hybridized carbons (Fsp3) is 0.200. The van der Waals surface area contributed by atoms with E-state index in [1.165, 1.54) is 4.90 Å². The Balaban J connectivity index is 2.36. The third-order valence-corrected chi connectivity index (χ3v) is 2.25. The van der Waals surface area contributed by atoms with Gasteiger partial charge in [-0.05, 0) is 19.1 Å². The Labute approximate surface area is 81.5 Å². The number of carbonyl (C=O) groups is 2. The topological polar surface area (TPSA) is 49.4 Å². The molecule has 1 aliphatic heterocycles. The Morgan fingerprint density at radius 1 is 1.21 bits per heavy atom. The van der Waals surface area contributed by atoms with Crippen molar-refractivity contribution >= 4 is 17.6 Å². The van der Waals surface area contributed by atoms with E-state index in [-0.39, 0.29) is 11.9 Å². The smallest absolute Gasteiger partial charge is 0.282 e. The number of carbonyl (C=O) groups excluding carboxylic acids is 2. The molecule has 1 saturated heterocycles. The molecule has 1 fully saturated rings. The van der Waals surface area contributed by atoms with Gasteiger partial charge in [-0.1, -0.05) is 18.2 Å². The number of rotatable bonds is 1. The third-order valence-electron chi connectivity index (χ3n) is 2.25. The second kappa shape index (κ2) is 3.14. The first-order valence-electron chi connectivity index (χ1n) is 4.39. The standard InChI is InChI=1S/C10H10N2O2/c1-7-9(13)11-10(14)12(7)8-5-3-2-4-6-8/h2-7H,1H3,(H,11,13,14)/t7-/m0/s1. The van der Waals surface area contributed by atoms with Crippen LogP contribution in [0.2, 0.25) is 0 Å². The van der Waals surface area contributed by atoms with Crippen LogP contribution in [0.4, 0.5) is 10.5 Å². The van der Waals surface area contributed by atoms with Gasteiger partial charge in [0, 0.05) is 5.69 Å². The summed E-state index contributed by atoms with van der Waals surface area (Å²) in [5.74, 6) is -0.251. The van der Waals surface area contributed by atoms with Crippen LogP contribution in [0.25, 0.3) is 0 Å². The predicted octanol–water partition coefficient (Wildman–Crippen LogP) is 1.13. The molecule has 0 aliphatic carbocycles. The molecule has 0 bridgehead atoms. The van der Waals surface area contributed by atoms with E-state index in [1.54, 1.807) is 19.1 Å². The maximum Gasteiger partial charge on any atom is 0.329 e. The summed E-state index contributed by atoms with van der Waals surface area (Å²) < 4.78 is 0. The molecule has 0 saturated carbocycles.